The summed E-state index contributed by atoms with van der Waals surface area (Å²) in [5, 5.41) is 14.9. The largest absolute Gasteiger partial charge is 0.456 e. The second-order valence-electron chi connectivity index (χ2n) is 5.93. The Balaban J connectivity index is 1.57. The average molecular weight is 426 g/mol. The molecule has 0 saturated carbocycles. The van der Waals surface area contributed by atoms with Gasteiger partial charge >= 0.3 is 0 Å². The van der Waals surface area contributed by atoms with Crippen molar-refractivity contribution in [3.8, 4) is 11.3 Å². The zero-order chi connectivity index (χ0) is 20.4. The van der Waals surface area contributed by atoms with E-state index in [4.69, 9.17) is 16.0 Å². The molecule has 0 bridgehead atoms. The average Bonchev–Trinajstić information content (AvgIpc) is 3.30. The van der Waals surface area contributed by atoms with Gasteiger partial charge in [0.05, 0.1) is 21.1 Å². The Labute approximate surface area is 174 Å². The van der Waals surface area contributed by atoms with Gasteiger partial charge in [-0.3, -0.25) is 14.9 Å². The van der Waals surface area contributed by atoms with E-state index in [1.807, 2.05) is 0 Å². The molecular formula is C20H12ClN3O4S. The molecular weight excluding hydrogens is 414 g/mol. The Kier molecular flexibility index (Phi) is 5.20. The molecule has 2 heterocycles. The van der Waals surface area contributed by atoms with Gasteiger partial charge in [0.25, 0.3) is 11.6 Å². The van der Waals surface area contributed by atoms with Crippen LogP contribution < -0.4 is 5.32 Å². The Bertz CT molecular complexity index is 1170. The summed E-state index contributed by atoms with van der Waals surface area (Å²) in [6, 6.07) is 16.5. The van der Waals surface area contributed by atoms with Crippen LogP contribution in [0.3, 0.4) is 0 Å². The molecule has 2 aromatic carbocycles. The fraction of sp³-hybridized carbons (Fsp3) is 0. The lowest BCUT2D eigenvalue weighted by atomic mass is 10.1. The molecule has 1 amide bonds. The Morgan fingerprint density at radius 2 is 1.86 bits per heavy atom. The molecule has 0 radical (unpaired) electrons. The number of amidine groups is 1. The summed E-state index contributed by atoms with van der Waals surface area (Å²) in [4.78, 5) is 27.7. The van der Waals surface area contributed by atoms with Crippen LogP contribution in [0.25, 0.3) is 17.4 Å². The molecule has 7 nitrogen and oxygen atoms in total. The monoisotopic (exact) mass is 425 g/mol. The van der Waals surface area contributed by atoms with E-state index < -0.39 is 4.92 Å². The third kappa shape index (κ3) is 4.23. The van der Waals surface area contributed by atoms with Crippen molar-refractivity contribution < 1.29 is 14.1 Å². The molecule has 1 aliphatic rings. The molecule has 1 aromatic heterocycles. The number of hydrogen-bond acceptors (Lipinski definition) is 6. The van der Waals surface area contributed by atoms with Gasteiger partial charge in [-0.05, 0) is 54.2 Å². The molecule has 3 aromatic rings. The van der Waals surface area contributed by atoms with Crippen molar-refractivity contribution in [2.75, 3.05) is 0 Å². The molecule has 0 aliphatic carbocycles. The third-order valence-electron chi connectivity index (χ3n) is 3.97. The van der Waals surface area contributed by atoms with Gasteiger partial charge in [0.1, 0.15) is 11.5 Å². The highest BCUT2D eigenvalue weighted by Gasteiger charge is 2.24. The van der Waals surface area contributed by atoms with Gasteiger partial charge < -0.3 is 9.73 Å². The Morgan fingerprint density at radius 1 is 1.10 bits per heavy atom. The maximum absolute atomic E-state index is 12.2. The van der Waals surface area contributed by atoms with Gasteiger partial charge in [-0.2, -0.15) is 0 Å². The molecule has 0 atom stereocenters. The van der Waals surface area contributed by atoms with Gasteiger partial charge in [-0.25, -0.2) is 4.99 Å². The number of nitrogens with one attached hydrogen (secondary N) is 1. The number of nitro groups is 1. The summed E-state index contributed by atoms with van der Waals surface area (Å²) in [6.45, 7) is 0. The minimum Gasteiger partial charge on any atom is -0.456 e. The van der Waals surface area contributed by atoms with Crippen LogP contribution in [0.2, 0.25) is 5.02 Å². The van der Waals surface area contributed by atoms with Crippen LogP contribution >= 0.6 is 23.4 Å². The maximum Gasteiger partial charge on any atom is 0.280 e. The highest BCUT2D eigenvalue weighted by atomic mass is 35.5. The zero-order valence-electron chi connectivity index (χ0n) is 14.7. The number of amides is 1. The first-order valence-electron chi connectivity index (χ1n) is 8.38. The first-order valence-corrected chi connectivity index (χ1v) is 9.58. The topological polar surface area (TPSA) is 97.7 Å². The van der Waals surface area contributed by atoms with E-state index in [2.05, 4.69) is 10.3 Å². The number of carbonyl (C=O) groups excluding carboxylic acids is 1. The SMILES string of the molecule is O=C1NC(=Nc2ccc(Cl)cc2)S/C1=C/c1ccc(-c2ccccc2[N+](=O)[O-])o1. The van der Waals surface area contributed by atoms with E-state index in [-0.39, 0.29) is 11.6 Å². The first-order chi connectivity index (χ1) is 14.0. The highest BCUT2D eigenvalue weighted by molar-refractivity contribution is 8.18. The second kappa shape index (κ2) is 7.94. The van der Waals surface area contributed by atoms with Crippen molar-refractivity contribution in [2.45, 2.75) is 0 Å². The molecule has 0 spiro atoms. The molecule has 29 heavy (non-hydrogen) atoms. The first kappa shape index (κ1) is 19.0. The Hall–Kier alpha value is -3.36. The standard InChI is InChI=1S/C20H12ClN3O4S/c21-12-5-7-13(8-6-12)22-20-23-19(25)18(29-20)11-14-9-10-17(28-14)15-3-1-2-4-16(15)24(26)27/h1-11H,(H,22,23,25)/b18-11+. The van der Waals surface area contributed by atoms with E-state index in [1.165, 1.54) is 17.8 Å². The maximum atomic E-state index is 12.2. The number of halogens is 1. The smallest absolute Gasteiger partial charge is 0.280 e. The van der Waals surface area contributed by atoms with E-state index in [0.29, 0.717) is 37.9 Å². The van der Waals surface area contributed by atoms with E-state index in [1.54, 1.807) is 60.7 Å². The van der Waals surface area contributed by atoms with Crippen LogP contribution in [-0.4, -0.2) is 16.0 Å². The minimum absolute atomic E-state index is 0.0496. The fourth-order valence-corrected chi connectivity index (χ4v) is 3.61. The van der Waals surface area contributed by atoms with Gasteiger partial charge in [0, 0.05) is 17.2 Å². The quantitative estimate of drug-likeness (QED) is 0.343. The van der Waals surface area contributed by atoms with Crippen molar-refractivity contribution in [3.63, 3.8) is 0 Å². The van der Waals surface area contributed by atoms with Gasteiger partial charge in [-0.15, -0.1) is 0 Å². The van der Waals surface area contributed by atoms with Crippen LogP contribution in [-0.2, 0) is 4.79 Å². The normalized spacial score (nSPS) is 16.4. The molecule has 1 aliphatic heterocycles. The number of furan rings is 1. The number of benzene rings is 2. The Morgan fingerprint density at radius 3 is 2.62 bits per heavy atom. The van der Waals surface area contributed by atoms with Crippen LogP contribution in [0.5, 0.6) is 0 Å². The van der Waals surface area contributed by atoms with Gasteiger partial charge in [-0.1, -0.05) is 23.7 Å². The fourth-order valence-electron chi connectivity index (χ4n) is 2.66. The van der Waals surface area contributed by atoms with Crippen molar-refractivity contribution in [3.05, 3.63) is 86.5 Å². The second-order valence-corrected chi connectivity index (χ2v) is 7.40. The molecule has 0 unspecified atom stereocenters. The van der Waals surface area contributed by atoms with Gasteiger partial charge in [0.15, 0.2) is 5.17 Å². The molecule has 9 heteroatoms. The van der Waals surface area contributed by atoms with Crippen molar-refractivity contribution >= 4 is 51.9 Å². The van der Waals surface area contributed by atoms with Crippen molar-refractivity contribution in [2.24, 2.45) is 4.99 Å². The number of thioether (sulfide) groups is 1. The van der Waals surface area contributed by atoms with Gasteiger partial charge in [0.2, 0.25) is 0 Å². The number of hydrogen-bond donors (Lipinski definition) is 1. The van der Waals surface area contributed by atoms with E-state index in [0.717, 1.165) is 0 Å². The number of nitro benzene ring substituents is 1. The van der Waals surface area contributed by atoms with Crippen molar-refractivity contribution in [1.82, 2.24) is 5.32 Å². The number of carbonyl (C=O) groups is 1. The third-order valence-corrected chi connectivity index (χ3v) is 5.14. The van der Waals surface area contributed by atoms with Crippen LogP contribution in [0, 0.1) is 10.1 Å². The lowest BCUT2D eigenvalue weighted by molar-refractivity contribution is -0.384. The summed E-state index contributed by atoms with van der Waals surface area (Å²) in [7, 11) is 0. The predicted octanol–water partition coefficient (Wildman–Crippen LogP) is 5.40. The molecule has 1 N–H and O–H groups in total. The van der Waals surface area contributed by atoms with E-state index >= 15 is 0 Å². The molecule has 4 rings (SSSR count). The lowest BCUT2D eigenvalue weighted by Crippen LogP contribution is -2.19. The number of aliphatic imine (C=N–C) groups is 1. The van der Waals surface area contributed by atoms with Crippen LogP contribution in [0.15, 0.2) is 75.0 Å². The number of nitrogens with zero attached hydrogens (tertiary/aromatic N) is 2. The zero-order valence-corrected chi connectivity index (χ0v) is 16.2. The number of rotatable bonds is 4. The molecule has 1 saturated heterocycles. The summed E-state index contributed by atoms with van der Waals surface area (Å²) in [5.74, 6) is 0.456. The summed E-state index contributed by atoms with van der Waals surface area (Å²) >= 11 is 7.03. The highest BCUT2D eigenvalue weighted by Crippen LogP contribution is 2.33. The molecule has 144 valence electrons. The van der Waals surface area contributed by atoms with Crippen molar-refractivity contribution in [1.29, 1.82) is 0 Å². The van der Waals surface area contributed by atoms with Crippen LogP contribution in [0.1, 0.15) is 5.76 Å². The minimum atomic E-state index is -0.463. The summed E-state index contributed by atoms with van der Waals surface area (Å²) in [5.41, 5.74) is 0.984. The number of para-hydroxylation sites is 1. The summed E-state index contributed by atoms with van der Waals surface area (Å²) < 4.78 is 5.71. The molecule has 1 fully saturated rings. The summed E-state index contributed by atoms with van der Waals surface area (Å²) in [6.07, 6.45) is 1.57. The van der Waals surface area contributed by atoms with Crippen LogP contribution in [0.4, 0.5) is 11.4 Å². The van der Waals surface area contributed by atoms with E-state index in [9.17, 15) is 14.9 Å². The lowest BCUT2D eigenvalue weighted by Gasteiger charge is -1.98. The predicted molar refractivity (Wildman–Crippen MR) is 113 cm³/mol.